The minimum atomic E-state index is -0.501. The third kappa shape index (κ3) is 5.18. The monoisotopic (exact) mass is 426 g/mol. The number of hydrogen-bond donors (Lipinski definition) is 3. The average Bonchev–Trinajstić information content (AvgIpc) is 2.76. The molecule has 2 aromatic rings. The lowest BCUT2D eigenvalue weighted by atomic mass is 10.1. The van der Waals surface area contributed by atoms with Crippen LogP contribution < -0.4 is 15.5 Å². The Morgan fingerprint density at radius 2 is 1.77 bits per heavy atom. The quantitative estimate of drug-likeness (QED) is 0.476. The van der Waals surface area contributed by atoms with Crippen LogP contribution in [0.1, 0.15) is 21.5 Å². The minimum absolute atomic E-state index is 0.0505. The Morgan fingerprint density at radius 1 is 1.13 bits per heavy atom. The highest BCUT2D eigenvalue weighted by Crippen LogP contribution is 2.25. The summed E-state index contributed by atoms with van der Waals surface area (Å²) in [5.41, 5.74) is 3.44. The molecule has 1 fully saturated rings. The number of nitrogens with zero attached hydrogens (tertiary/aromatic N) is 2. The Morgan fingerprint density at radius 3 is 2.35 bits per heavy atom. The third-order valence-electron chi connectivity index (χ3n) is 5.62. The van der Waals surface area contributed by atoms with Gasteiger partial charge in [-0.1, -0.05) is 18.2 Å². The average molecular weight is 426 g/mol. The number of nitro benzene ring substituents is 1. The van der Waals surface area contributed by atoms with E-state index in [1.165, 1.54) is 6.07 Å². The van der Waals surface area contributed by atoms with Gasteiger partial charge in [0.1, 0.15) is 5.69 Å². The van der Waals surface area contributed by atoms with E-state index in [-0.39, 0.29) is 17.5 Å². The van der Waals surface area contributed by atoms with E-state index in [0.29, 0.717) is 44.0 Å². The van der Waals surface area contributed by atoms with Gasteiger partial charge in [0.2, 0.25) is 0 Å². The summed E-state index contributed by atoms with van der Waals surface area (Å²) in [5, 5.41) is 17.0. The Bertz CT molecular complexity index is 979. The molecule has 164 valence electrons. The maximum Gasteiger partial charge on any atom is 0.293 e. The van der Waals surface area contributed by atoms with Gasteiger partial charge in [-0.05, 0) is 37.1 Å². The number of aryl methyl sites for hydroxylation is 2. The summed E-state index contributed by atoms with van der Waals surface area (Å²) >= 11 is 0. The number of amides is 2. The number of quaternary nitrogens is 1. The van der Waals surface area contributed by atoms with Crippen LogP contribution >= 0.6 is 0 Å². The van der Waals surface area contributed by atoms with Gasteiger partial charge < -0.3 is 20.4 Å². The smallest absolute Gasteiger partial charge is 0.293 e. The number of carbonyl (C=O) groups is 2. The summed E-state index contributed by atoms with van der Waals surface area (Å²) < 4.78 is 0. The third-order valence-corrected chi connectivity index (χ3v) is 5.62. The van der Waals surface area contributed by atoms with Gasteiger partial charge in [-0.25, -0.2) is 0 Å². The number of piperazine rings is 1. The van der Waals surface area contributed by atoms with Crippen LogP contribution in [-0.2, 0) is 4.79 Å². The topological polar surface area (TPSA) is 109 Å². The predicted octanol–water partition coefficient (Wildman–Crippen LogP) is 1.23. The Balaban J connectivity index is 1.57. The van der Waals surface area contributed by atoms with E-state index in [0.717, 1.165) is 21.7 Å². The van der Waals surface area contributed by atoms with Crippen molar-refractivity contribution in [3.8, 4) is 0 Å². The molecule has 0 spiro atoms. The fraction of sp³-hybridized carbons (Fsp3) is 0.364. The highest BCUT2D eigenvalue weighted by Gasteiger charge is 2.27. The Hall–Kier alpha value is -3.46. The second-order valence-corrected chi connectivity index (χ2v) is 7.77. The van der Waals surface area contributed by atoms with Crippen molar-refractivity contribution in [3.05, 3.63) is 63.2 Å². The standard InChI is InChI=1S/C22H27N5O4/c1-15-5-4-6-16(2)21(15)24-20(28)14-25-9-11-26(12-10-25)22(29)17-7-8-18(23-3)19(13-17)27(30)31/h4-8,13,23H,9-12,14H2,1-3H3,(H,24,28)/p+1. The van der Waals surface area contributed by atoms with E-state index in [4.69, 9.17) is 0 Å². The van der Waals surface area contributed by atoms with Crippen LogP contribution in [0.5, 0.6) is 0 Å². The number of rotatable bonds is 6. The van der Waals surface area contributed by atoms with Gasteiger partial charge >= 0.3 is 0 Å². The molecule has 0 atom stereocenters. The van der Waals surface area contributed by atoms with E-state index in [9.17, 15) is 19.7 Å². The van der Waals surface area contributed by atoms with E-state index >= 15 is 0 Å². The molecule has 9 heteroatoms. The normalized spacial score (nSPS) is 14.2. The fourth-order valence-electron chi connectivity index (χ4n) is 3.83. The maximum atomic E-state index is 12.8. The molecule has 1 heterocycles. The Labute approximate surface area is 181 Å². The summed E-state index contributed by atoms with van der Waals surface area (Å²) in [6, 6.07) is 10.3. The van der Waals surface area contributed by atoms with Gasteiger partial charge in [0, 0.05) is 24.4 Å². The molecule has 9 nitrogen and oxygen atoms in total. The molecule has 2 amide bonds. The maximum absolute atomic E-state index is 12.8. The first-order valence-electron chi connectivity index (χ1n) is 10.2. The predicted molar refractivity (Wildman–Crippen MR) is 119 cm³/mol. The van der Waals surface area contributed by atoms with Crippen LogP contribution in [0.15, 0.2) is 36.4 Å². The molecule has 1 saturated heterocycles. The lowest BCUT2D eigenvalue weighted by molar-refractivity contribution is -0.895. The van der Waals surface area contributed by atoms with Crippen LogP contribution in [0, 0.1) is 24.0 Å². The van der Waals surface area contributed by atoms with Gasteiger partial charge in [-0.2, -0.15) is 0 Å². The second kappa shape index (κ2) is 9.57. The first kappa shape index (κ1) is 22.2. The van der Waals surface area contributed by atoms with Crippen molar-refractivity contribution in [2.24, 2.45) is 0 Å². The SMILES string of the molecule is CNc1ccc(C(=O)N2CC[NH+](CC(=O)Nc3c(C)cccc3C)CC2)cc1[N+](=O)[O-]. The van der Waals surface area contributed by atoms with Crippen molar-refractivity contribution in [1.29, 1.82) is 0 Å². The molecule has 0 bridgehead atoms. The molecule has 3 rings (SSSR count). The van der Waals surface area contributed by atoms with Crippen molar-refractivity contribution in [2.75, 3.05) is 50.4 Å². The molecule has 1 aliphatic rings. The number of benzene rings is 2. The number of carbonyl (C=O) groups excluding carboxylic acids is 2. The van der Waals surface area contributed by atoms with E-state index in [1.54, 1.807) is 24.1 Å². The highest BCUT2D eigenvalue weighted by atomic mass is 16.6. The summed E-state index contributed by atoms with van der Waals surface area (Å²) in [4.78, 5) is 38.9. The van der Waals surface area contributed by atoms with E-state index < -0.39 is 4.92 Å². The molecular weight excluding hydrogens is 398 g/mol. The Kier molecular flexibility index (Phi) is 6.86. The molecule has 0 aromatic heterocycles. The zero-order chi connectivity index (χ0) is 22.5. The number of anilines is 2. The molecule has 3 N–H and O–H groups in total. The van der Waals surface area contributed by atoms with Gasteiger partial charge in [0.25, 0.3) is 17.5 Å². The van der Waals surface area contributed by atoms with Crippen molar-refractivity contribution in [3.63, 3.8) is 0 Å². The number of nitro groups is 1. The molecule has 1 aliphatic heterocycles. The van der Waals surface area contributed by atoms with Crippen LogP contribution in [0.3, 0.4) is 0 Å². The van der Waals surface area contributed by atoms with Crippen LogP contribution in [0.2, 0.25) is 0 Å². The summed E-state index contributed by atoms with van der Waals surface area (Å²) in [7, 11) is 1.60. The minimum Gasteiger partial charge on any atom is -0.383 e. The number of nitrogens with one attached hydrogen (secondary N) is 3. The van der Waals surface area contributed by atoms with Gasteiger partial charge in [-0.3, -0.25) is 19.7 Å². The number of para-hydroxylation sites is 1. The van der Waals surface area contributed by atoms with Crippen LogP contribution in [0.4, 0.5) is 17.1 Å². The molecule has 0 unspecified atom stereocenters. The lowest BCUT2D eigenvalue weighted by Crippen LogP contribution is -3.15. The van der Waals surface area contributed by atoms with Crippen molar-refractivity contribution >= 4 is 28.9 Å². The zero-order valence-electron chi connectivity index (χ0n) is 18.0. The van der Waals surface area contributed by atoms with E-state index in [2.05, 4.69) is 10.6 Å². The molecule has 2 aromatic carbocycles. The van der Waals surface area contributed by atoms with Crippen LogP contribution in [0.25, 0.3) is 0 Å². The van der Waals surface area contributed by atoms with Crippen LogP contribution in [-0.4, -0.2) is 61.4 Å². The summed E-state index contributed by atoms with van der Waals surface area (Å²) in [6.07, 6.45) is 0. The summed E-state index contributed by atoms with van der Waals surface area (Å²) in [6.45, 7) is 6.53. The molecule has 31 heavy (non-hydrogen) atoms. The first-order chi connectivity index (χ1) is 14.8. The molecular formula is C22H28N5O4+. The van der Waals surface area contributed by atoms with Crippen molar-refractivity contribution in [2.45, 2.75) is 13.8 Å². The lowest BCUT2D eigenvalue weighted by Gasteiger charge is -2.32. The van der Waals surface area contributed by atoms with Gasteiger partial charge in [0.15, 0.2) is 6.54 Å². The fourth-order valence-corrected chi connectivity index (χ4v) is 3.83. The largest absolute Gasteiger partial charge is 0.383 e. The van der Waals surface area contributed by atoms with Crippen molar-refractivity contribution in [1.82, 2.24) is 4.90 Å². The summed E-state index contributed by atoms with van der Waals surface area (Å²) in [5.74, 6) is -0.282. The highest BCUT2D eigenvalue weighted by molar-refractivity contribution is 5.96. The second-order valence-electron chi connectivity index (χ2n) is 7.77. The molecule has 0 saturated carbocycles. The van der Waals surface area contributed by atoms with Gasteiger partial charge in [0.05, 0.1) is 31.1 Å². The molecule has 0 radical (unpaired) electrons. The first-order valence-corrected chi connectivity index (χ1v) is 10.2. The number of hydrogen-bond acceptors (Lipinski definition) is 5. The van der Waals surface area contributed by atoms with E-state index in [1.807, 2.05) is 32.0 Å². The van der Waals surface area contributed by atoms with Crippen molar-refractivity contribution < 1.29 is 19.4 Å². The molecule has 0 aliphatic carbocycles. The van der Waals surface area contributed by atoms with Gasteiger partial charge in [-0.15, -0.1) is 0 Å². The zero-order valence-corrected chi connectivity index (χ0v) is 18.0.